The number of aliphatic hydroxyl groups excluding tert-OH is 1. The molecule has 2 fully saturated rings. The largest absolute Gasteiger partial charge is 0.465 e. The van der Waals surface area contributed by atoms with Crippen LogP contribution in [0.1, 0.15) is 51.4 Å². The van der Waals surface area contributed by atoms with E-state index in [0.29, 0.717) is 35.9 Å². The Balaban J connectivity index is 1.49. The standard InChI is InChI=1S/C28H35N3O11S/c32-26(17-29(42-21-10-13-39-14-11-21)43(37,38)22-8-6-20(7-9-22)31(35)36)24(16-19-4-2-1-3-5-19)30(28(33)34)25-18-41-27-23(25)12-15-40-27/h6-9,12,15,18-19,21,24,26,32H,1-5,10-11,13-14,16-17H2,(H,33,34)/t24-,26+/m0/s1. The molecule has 1 saturated heterocycles. The van der Waals surface area contributed by atoms with Crippen molar-refractivity contribution in [3.05, 3.63) is 53.0 Å². The highest BCUT2D eigenvalue weighted by Gasteiger charge is 2.40. The molecule has 5 rings (SSSR count). The van der Waals surface area contributed by atoms with Crippen molar-refractivity contribution in [3.8, 4) is 0 Å². The second-order valence-electron chi connectivity index (χ2n) is 10.9. The minimum absolute atomic E-state index is 0.109. The summed E-state index contributed by atoms with van der Waals surface area (Å²) in [4.78, 5) is 30.0. The maximum Gasteiger partial charge on any atom is 0.412 e. The third-order valence-corrected chi connectivity index (χ3v) is 9.75. The molecule has 15 heteroatoms. The van der Waals surface area contributed by atoms with E-state index in [4.69, 9.17) is 18.4 Å². The van der Waals surface area contributed by atoms with Crippen LogP contribution in [0.15, 0.2) is 56.6 Å². The van der Waals surface area contributed by atoms with Crippen molar-refractivity contribution < 1.29 is 46.8 Å². The fourth-order valence-electron chi connectivity index (χ4n) is 5.84. The number of rotatable bonds is 12. The second kappa shape index (κ2) is 13.4. The van der Waals surface area contributed by atoms with Crippen molar-refractivity contribution in [2.45, 2.75) is 74.5 Å². The molecular weight excluding hydrogens is 586 g/mol. The molecule has 1 aromatic carbocycles. The SMILES string of the molecule is O=C(O)N(c1coc2occc12)[C@@H](CC1CCCCC1)[C@H](O)CN(OC1CCOCC1)S(=O)(=O)c1ccc([N+](=O)[O-])cc1. The molecule has 1 amide bonds. The number of amides is 1. The zero-order valence-electron chi connectivity index (χ0n) is 23.4. The van der Waals surface area contributed by atoms with Crippen LogP contribution in [0.4, 0.5) is 16.2 Å². The molecule has 0 unspecified atom stereocenters. The van der Waals surface area contributed by atoms with Crippen molar-refractivity contribution in [1.82, 2.24) is 4.47 Å². The number of benzene rings is 1. The third kappa shape index (κ3) is 7.02. The predicted molar refractivity (Wildman–Crippen MR) is 152 cm³/mol. The van der Waals surface area contributed by atoms with Crippen LogP contribution in [0.3, 0.4) is 0 Å². The first-order chi connectivity index (χ1) is 20.6. The van der Waals surface area contributed by atoms with Crippen molar-refractivity contribution in [2.75, 3.05) is 24.7 Å². The summed E-state index contributed by atoms with van der Waals surface area (Å²) in [5.41, 5.74) is -0.113. The number of furan rings is 2. The molecule has 1 saturated carbocycles. The van der Waals surface area contributed by atoms with E-state index in [2.05, 4.69) is 0 Å². The van der Waals surface area contributed by atoms with Gasteiger partial charge in [-0.2, -0.15) is 0 Å². The molecule has 3 aromatic rings. The first-order valence-corrected chi connectivity index (χ1v) is 15.8. The number of carboxylic acid groups (broad SMARTS) is 1. The number of sulfonamides is 1. The minimum Gasteiger partial charge on any atom is -0.465 e. The molecular formula is C28H35N3O11S. The molecule has 234 valence electrons. The van der Waals surface area contributed by atoms with E-state index >= 15 is 0 Å². The fourth-order valence-corrected chi connectivity index (χ4v) is 7.13. The summed E-state index contributed by atoms with van der Waals surface area (Å²) < 4.78 is 44.4. The van der Waals surface area contributed by atoms with Gasteiger partial charge in [-0.05, 0) is 43.4 Å². The van der Waals surface area contributed by atoms with E-state index in [1.165, 1.54) is 12.5 Å². The summed E-state index contributed by atoms with van der Waals surface area (Å²) in [7, 11) is -4.44. The smallest absolute Gasteiger partial charge is 0.412 e. The van der Waals surface area contributed by atoms with Crippen LogP contribution >= 0.6 is 0 Å². The van der Waals surface area contributed by atoms with Gasteiger partial charge in [0.1, 0.15) is 6.26 Å². The number of aliphatic hydroxyl groups is 1. The molecule has 43 heavy (non-hydrogen) atoms. The summed E-state index contributed by atoms with van der Waals surface area (Å²) in [6, 6.07) is 4.85. The van der Waals surface area contributed by atoms with Gasteiger partial charge >= 0.3 is 6.09 Å². The number of hydroxylamine groups is 1. The molecule has 0 bridgehead atoms. The first kappa shape index (κ1) is 30.9. The first-order valence-electron chi connectivity index (χ1n) is 14.3. The van der Waals surface area contributed by atoms with Crippen LogP contribution in [-0.2, 0) is 19.6 Å². The van der Waals surface area contributed by atoms with E-state index in [9.17, 15) is 33.5 Å². The van der Waals surface area contributed by atoms with Gasteiger partial charge in [-0.15, -0.1) is 0 Å². The Kier molecular flexibility index (Phi) is 9.66. The summed E-state index contributed by atoms with van der Waals surface area (Å²) >= 11 is 0. The summed E-state index contributed by atoms with van der Waals surface area (Å²) in [6.07, 6.45) is 5.02. The number of non-ortho nitro benzene ring substituents is 1. The van der Waals surface area contributed by atoms with Crippen LogP contribution in [0.5, 0.6) is 0 Å². The number of fused-ring (bicyclic) bond motifs is 1. The normalized spacial score (nSPS) is 18.6. The van der Waals surface area contributed by atoms with Gasteiger partial charge in [0.2, 0.25) is 0 Å². The van der Waals surface area contributed by atoms with E-state index < -0.39 is 45.8 Å². The van der Waals surface area contributed by atoms with Gasteiger partial charge in [-0.3, -0.25) is 19.9 Å². The molecule has 2 aromatic heterocycles. The number of hydrogen-bond acceptors (Lipinski definition) is 10. The highest BCUT2D eigenvalue weighted by molar-refractivity contribution is 7.89. The lowest BCUT2D eigenvalue weighted by molar-refractivity contribution is -0.384. The Morgan fingerprint density at radius 3 is 2.42 bits per heavy atom. The van der Waals surface area contributed by atoms with Gasteiger partial charge in [-0.25, -0.2) is 13.2 Å². The number of nitrogens with zero attached hydrogens (tertiary/aromatic N) is 3. The third-order valence-electron chi connectivity index (χ3n) is 8.11. The monoisotopic (exact) mass is 621 g/mol. The Morgan fingerprint density at radius 2 is 1.77 bits per heavy atom. The second-order valence-corrected chi connectivity index (χ2v) is 12.8. The number of nitro groups is 1. The maximum atomic E-state index is 13.8. The van der Waals surface area contributed by atoms with Gasteiger partial charge in [0.05, 0.1) is 52.0 Å². The van der Waals surface area contributed by atoms with E-state index in [1.807, 2.05) is 0 Å². The van der Waals surface area contributed by atoms with Crippen LogP contribution in [0.2, 0.25) is 0 Å². The van der Waals surface area contributed by atoms with Crippen molar-refractivity contribution >= 4 is 38.7 Å². The van der Waals surface area contributed by atoms with Gasteiger partial charge in [-0.1, -0.05) is 36.6 Å². The Hall–Kier alpha value is -3.50. The zero-order chi connectivity index (χ0) is 30.6. The van der Waals surface area contributed by atoms with E-state index in [-0.39, 0.29) is 34.4 Å². The zero-order valence-corrected chi connectivity index (χ0v) is 24.3. The predicted octanol–water partition coefficient (Wildman–Crippen LogP) is 4.92. The van der Waals surface area contributed by atoms with Crippen LogP contribution in [-0.4, -0.2) is 72.1 Å². The molecule has 3 heterocycles. The number of anilines is 1. The number of carbonyl (C=O) groups is 1. The Labute approximate surface area is 247 Å². The minimum atomic E-state index is -4.44. The highest BCUT2D eigenvalue weighted by Crippen LogP contribution is 2.36. The van der Waals surface area contributed by atoms with Gasteiger partial charge in [0.25, 0.3) is 21.5 Å². The fraction of sp³-hybridized carbons (Fsp3) is 0.536. The summed E-state index contributed by atoms with van der Waals surface area (Å²) in [5.74, 6) is 0.232. The van der Waals surface area contributed by atoms with Crippen LogP contribution in [0.25, 0.3) is 11.2 Å². The van der Waals surface area contributed by atoms with Crippen molar-refractivity contribution in [1.29, 1.82) is 0 Å². The Morgan fingerprint density at radius 1 is 1.07 bits per heavy atom. The average Bonchev–Trinajstić information content (AvgIpc) is 3.62. The van der Waals surface area contributed by atoms with Crippen LogP contribution < -0.4 is 4.90 Å². The molecule has 0 spiro atoms. The van der Waals surface area contributed by atoms with Crippen molar-refractivity contribution in [3.63, 3.8) is 0 Å². The highest BCUT2D eigenvalue weighted by atomic mass is 32.2. The molecule has 0 radical (unpaired) electrons. The quantitative estimate of drug-likeness (QED) is 0.206. The van der Waals surface area contributed by atoms with E-state index in [1.54, 1.807) is 6.07 Å². The average molecular weight is 622 g/mol. The lowest BCUT2D eigenvalue weighted by atomic mass is 9.83. The van der Waals surface area contributed by atoms with E-state index in [0.717, 1.165) is 61.3 Å². The topological polar surface area (TPSA) is 186 Å². The Bertz CT molecular complexity index is 1490. The van der Waals surface area contributed by atoms with Crippen molar-refractivity contribution in [2.24, 2.45) is 5.92 Å². The van der Waals surface area contributed by atoms with Gasteiger partial charge in [0.15, 0.2) is 0 Å². The molecule has 2 atom stereocenters. The number of nitro benzene ring substituents is 1. The molecule has 14 nitrogen and oxygen atoms in total. The summed E-state index contributed by atoms with van der Waals surface area (Å²) in [5, 5.41) is 33.7. The molecule has 1 aliphatic carbocycles. The van der Waals surface area contributed by atoms with Gasteiger partial charge in [0, 0.05) is 25.3 Å². The van der Waals surface area contributed by atoms with Gasteiger partial charge < -0.3 is 23.8 Å². The van der Waals surface area contributed by atoms with Crippen LogP contribution in [0, 0.1) is 16.0 Å². The lowest BCUT2D eigenvalue weighted by Crippen LogP contribution is -2.53. The summed E-state index contributed by atoms with van der Waals surface area (Å²) in [6.45, 7) is 0.123. The number of hydrogen-bond donors (Lipinski definition) is 2. The molecule has 2 N–H and O–H groups in total. The molecule has 1 aliphatic heterocycles. The number of ether oxygens (including phenoxy) is 1. The lowest BCUT2D eigenvalue weighted by Gasteiger charge is -2.37. The maximum absolute atomic E-state index is 13.8. The molecule has 2 aliphatic rings.